The van der Waals surface area contributed by atoms with Crippen LogP contribution in [0.25, 0.3) is 6.08 Å². The average molecular weight is 361 g/mol. The maximum absolute atomic E-state index is 12.6. The molecule has 25 heavy (non-hydrogen) atoms. The largest absolute Gasteiger partial charge is 0.609 e. The standard InChI is InChI=1S/C18H23N3O3S/c1-6-7-15(23-4)8-14-10-20-18(21-14)25(22)11-16-13(3)17(24-5)12(2)9-19-16/h6-10H,11H2,1-5H3,(H,20,21)/b7-6-,15-8+. The Bertz CT molecular complexity index is 784. The molecule has 6 nitrogen and oxygen atoms in total. The van der Waals surface area contributed by atoms with Crippen molar-refractivity contribution in [2.24, 2.45) is 0 Å². The second-order valence-electron chi connectivity index (χ2n) is 5.42. The van der Waals surface area contributed by atoms with Gasteiger partial charge in [0.1, 0.15) is 11.5 Å². The molecule has 2 rings (SSSR count). The van der Waals surface area contributed by atoms with Crippen molar-refractivity contribution in [1.29, 1.82) is 0 Å². The van der Waals surface area contributed by atoms with Crippen LogP contribution < -0.4 is 4.74 Å². The highest BCUT2D eigenvalue weighted by atomic mass is 32.2. The number of H-pyrrole nitrogens is 1. The summed E-state index contributed by atoms with van der Waals surface area (Å²) in [4.78, 5) is 11.7. The molecule has 0 saturated heterocycles. The summed E-state index contributed by atoms with van der Waals surface area (Å²) >= 11 is -1.33. The van der Waals surface area contributed by atoms with Crippen molar-refractivity contribution in [3.8, 4) is 5.75 Å². The van der Waals surface area contributed by atoms with Gasteiger partial charge >= 0.3 is 5.16 Å². The van der Waals surface area contributed by atoms with Gasteiger partial charge in [-0.25, -0.2) is 0 Å². The number of nitrogens with one attached hydrogen (secondary N) is 1. The van der Waals surface area contributed by atoms with E-state index in [1.165, 1.54) is 0 Å². The monoisotopic (exact) mass is 361 g/mol. The Kier molecular flexibility index (Phi) is 6.66. The van der Waals surface area contributed by atoms with Crippen LogP contribution >= 0.6 is 0 Å². The Labute approximate surface area is 151 Å². The third-order valence-electron chi connectivity index (χ3n) is 3.66. The minimum Gasteiger partial charge on any atom is -0.609 e. The van der Waals surface area contributed by atoms with E-state index >= 15 is 0 Å². The normalized spacial score (nSPS) is 13.3. The first kappa shape index (κ1) is 19.1. The van der Waals surface area contributed by atoms with Crippen LogP contribution in [0.2, 0.25) is 0 Å². The molecule has 0 spiro atoms. The topological polar surface area (TPSA) is 83.1 Å². The quantitative estimate of drug-likeness (QED) is 0.465. The van der Waals surface area contributed by atoms with Gasteiger partial charge in [0.15, 0.2) is 5.75 Å². The fraction of sp³-hybridized carbons (Fsp3) is 0.333. The molecule has 134 valence electrons. The number of imidazole rings is 1. The van der Waals surface area contributed by atoms with Gasteiger partial charge in [-0.1, -0.05) is 6.08 Å². The fourth-order valence-corrected chi connectivity index (χ4v) is 3.48. The number of pyridine rings is 1. The number of rotatable bonds is 7. The lowest BCUT2D eigenvalue weighted by Crippen LogP contribution is -2.10. The van der Waals surface area contributed by atoms with Gasteiger partial charge in [0.05, 0.1) is 25.6 Å². The number of hydrogen-bond donors (Lipinski definition) is 1. The van der Waals surface area contributed by atoms with E-state index in [1.54, 1.807) is 32.7 Å². The lowest BCUT2D eigenvalue weighted by atomic mass is 10.1. The fourth-order valence-electron chi connectivity index (χ4n) is 2.40. The van der Waals surface area contributed by atoms with E-state index < -0.39 is 11.2 Å². The Morgan fingerprint density at radius 2 is 2.12 bits per heavy atom. The third-order valence-corrected chi connectivity index (χ3v) is 4.84. The average Bonchev–Trinajstić information content (AvgIpc) is 3.06. The van der Waals surface area contributed by atoms with Crippen molar-refractivity contribution < 1.29 is 14.0 Å². The summed E-state index contributed by atoms with van der Waals surface area (Å²) in [6, 6.07) is 0. The smallest absolute Gasteiger partial charge is 0.321 e. The van der Waals surface area contributed by atoms with E-state index in [0.717, 1.165) is 22.6 Å². The molecule has 0 aliphatic heterocycles. The molecule has 1 N–H and O–H groups in total. The first-order valence-corrected chi connectivity index (χ1v) is 9.13. The van der Waals surface area contributed by atoms with Crippen molar-refractivity contribution >= 4 is 17.3 Å². The molecule has 0 aliphatic carbocycles. The van der Waals surface area contributed by atoms with Gasteiger partial charge in [0, 0.05) is 40.8 Å². The van der Waals surface area contributed by atoms with E-state index in [9.17, 15) is 4.55 Å². The predicted octanol–water partition coefficient (Wildman–Crippen LogP) is 3.30. The Hall–Kier alpha value is -2.25. The Morgan fingerprint density at radius 3 is 2.76 bits per heavy atom. The SMILES string of the molecule is C/C=C\C(=C/c1c[nH]c([S+]([O-])Cc2ncc(C)c(OC)c2C)n1)OC. The van der Waals surface area contributed by atoms with Crippen LogP contribution in [0.15, 0.2) is 35.5 Å². The number of methoxy groups -OCH3 is 2. The predicted molar refractivity (Wildman–Crippen MR) is 98.8 cm³/mol. The molecule has 0 fully saturated rings. The van der Waals surface area contributed by atoms with Gasteiger partial charge in [-0.3, -0.25) is 4.98 Å². The van der Waals surface area contributed by atoms with Gasteiger partial charge in [0.25, 0.3) is 0 Å². The van der Waals surface area contributed by atoms with Crippen LogP contribution in [0.5, 0.6) is 5.75 Å². The summed E-state index contributed by atoms with van der Waals surface area (Å²) in [6.45, 7) is 5.76. The Balaban J connectivity index is 2.19. The first-order chi connectivity index (χ1) is 12.0. The second kappa shape index (κ2) is 8.73. The molecular formula is C18H23N3O3S. The summed E-state index contributed by atoms with van der Waals surface area (Å²) in [5.41, 5.74) is 3.25. The number of allylic oxidation sites excluding steroid dienone is 2. The molecule has 2 aromatic heterocycles. The third kappa shape index (κ3) is 4.64. The highest BCUT2D eigenvalue weighted by molar-refractivity contribution is 7.90. The van der Waals surface area contributed by atoms with E-state index in [2.05, 4.69) is 15.0 Å². The highest BCUT2D eigenvalue weighted by Gasteiger charge is 2.20. The minimum atomic E-state index is -1.33. The molecule has 0 aromatic carbocycles. The molecule has 7 heteroatoms. The second-order valence-corrected chi connectivity index (χ2v) is 6.78. The van der Waals surface area contributed by atoms with Gasteiger partial charge in [-0.15, -0.1) is 0 Å². The Morgan fingerprint density at radius 1 is 1.36 bits per heavy atom. The number of hydrogen-bond acceptors (Lipinski definition) is 5. The van der Waals surface area contributed by atoms with Crippen molar-refractivity contribution in [1.82, 2.24) is 15.0 Å². The van der Waals surface area contributed by atoms with E-state index in [0.29, 0.717) is 16.6 Å². The number of aryl methyl sites for hydroxylation is 1. The van der Waals surface area contributed by atoms with E-state index in [-0.39, 0.29) is 5.75 Å². The molecule has 2 aromatic rings. The van der Waals surface area contributed by atoms with Crippen LogP contribution in [-0.4, -0.2) is 33.7 Å². The number of nitrogens with zero attached hydrogens (tertiary/aromatic N) is 2. The van der Waals surface area contributed by atoms with Crippen molar-refractivity contribution in [3.05, 3.63) is 52.8 Å². The molecule has 0 amide bonds. The lowest BCUT2D eigenvalue weighted by molar-refractivity contribution is 0.310. The van der Waals surface area contributed by atoms with Crippen LogP contribution in [0.4, 0.5) is 0 Å². The van der Waals surface area contributed by atoms with Crippen molar-refractivity contribution in [2.75, 3.05) is 14.2 Å². The zero-order valence-electron chi connectivity index (χ0n) is 15.1. The van der Waals surface area contributed by atoms with Gasteiger partial charge in [-0.05, 0) is 26.8 Å². The molecular weight excluding hydrogens is 338 g/mol. The van der Waals surface area contributed by atoms with Crippen LogP contribution in [-0.2, 0) is 21.7 Å². The van der Waals surface area contributed by atoms with Crippen LogP contribution in [0.1, 0.15) is 29.4 Å². The van der Waals surface area contributed by atoms with Crippen molar-refractivity contribution in [2.45, 2.75) is 31.7 Å². The molecule has 1 unspecified atom stereocenters. The highest BCUT2D eigenvalue weighted by Crippen LogP contribution is 2.26. The van der Waals surface area contributed by atoms with E-state index in [1.807, 2.05) is 32.9 Å². The maximum atomic E-state index is 12.6. The number of ether oxygens (including phenoxy) is 2. The first-order valence-electron chi connectivity index (χ1n) is 7.81. The summed E-state index contributed by atoms with van der Waals surface area (Å²) in [6.07, 6.45) is 8.91. The molecule has 0 bridgehead atoms. The zero-order chi connectivity index (χ0) is 18.4. The van der Waals surface area contributed by atoms with Crippen LogP contribution in [0, 0.1) is 13.8 Å². The molecule has 0 aliphatic rings. The summed E-state index contributed by atoms with van der Waals surface area (Å²) < 4.78 is 23.2. The molecule has 0 saturated carbocycles. The summed E-state index contributed by atoms with van der Waals surface area (Å²) in [7, 11) is 3.22. The maximum Gasteiger partial charge on any atom is 0.321 e. The minimum absolute atomic E-state index is 0.269. The van der Waals surface area contributed by atoms with Crippen molar-refractivity contribution in [3.63, 3.8) is 0 Å². The molecule has 2 heterocycles. The van der Waals surface area contributed by atoms with Crippen LogP contribution in [0.3, 0.4) is 0 Å². The zero-order valence-corrected chi connectivity index (χ0v) is 15.9. The summed E-state index contributed by atoms with van der Waals surface area (Å²) in [5, 5.41) is 0.405. The lowest BCUT2D eigenvalue weighted by Gasteiger charge is -2.13. The number of aromatic amines is 1. The van der Waals surface area contributed by atoms with Gasteiger partial charge < -0.3 is 19.0 Å². The number of aromatic nitrogens is 3. The van der Waals surface area contributed by atoms with Gasteiger partial charge in [-0.2, -0.15) is 4.98 Å². The van der Waals surface area contributed by atoms with Gasteiger partial charge in [0.2, 0.25) is 0 Å². The summed E-state index contributed by atoms with van der Waals surface area (Å²) in [5.74, 6) is 1.72. The molecule has 1 atom stereocenters. The molecule has 0 radical (unpaired) electrons. The van der Waals surface area contributed by atoms with E-state index in [4.69, 9.17) is 9.47 Å².